The fraction of sp³-hybridized carbons (Fsp3) is 0.0909. The van der Waals surface area contributed by atoms with Gasteiger partial charge in [-0.25, -0.2) is 0 Å². The maximum absolute atomic E-state index is 12.9. The summed E-state index contributed by atoms with van der Waals surface area (Å²) in [6, 6.07) is 15.4. The Bertz CT molecular complexity index is 1030. The molecule has 1 saturated heterocycles. The zero-order valence-electron chi connectivity index (χ0n) is 14.9. The van der Waals surface area contributed by atoms with Crippen molar-refractivity contribution in [2.75, 3.05) is 0 Å². The first-order valence-electron chi connectivity index (χ1n) is 8.79. The first-order chi connectivity index (χ1) is 13.7. The number of Topliss-reactive ketones (excluding diaryl/α,β-unsaturated/α-hetero) is 1. The van der Waals surface area contributed by atoms with Gasteiger partial charge in [0.25, 0.3) is 11.7 Å². The van der Waals surface area contributed by atoms with Crippen molar-refractivity contribution in [2.45, 2.75) is 12.6 Å². The number of carbonyl (C=O) groups excluding carboxylic acids is 2. The molecule has 0 aliphatic carbocycles. The van der Waals surface area contributed by atoms with Crippen LogP contribution >= 0.6 is 0 Å². The minimum atomic E-state index is -0.720. The highest BCUT2D eigenvalue weighted by molar-refractivity contribution is 6.46. The Morgan fingerprint density at radius 3 is 2.36 bits per heavy atom. The SMILES string of the molecule is O=C1C(=O)N(Cc2ccccc2)C(c2cccnc2)/C1=C(\O)c1ccncc1. The molecule has 1 aliphatic rings. The van der Waals surface area contributed by atoms with Crippen molar-refractivity contribution in [3.8, 4) is 0 Å². The van der Waals surface area contributed by atoms with E-state index < -0.39 is 17.7 Å². The maximum atomic E-state index is 12.9. The first-order valence-corrected chi connectivity index (χ1v) is 8.79. The van der Waals surface area contributed by atoms with E-state index >= 15 is 0 Å². The Kier molecular flexibility index (Phi) is 4.68. The Labute approximate surface area is 161 Å². The second-order valence-electron chi connectivity index (χ2n) is 6.43. The lowest BCUT2D eigenvalue weighted by atomic mass is 9.96. The van der Waals surface area contributed by atoms with Crippen LogP contribution in [0, 0.1) is 0 Å². The molecule has 3 heterocycles. The Hall–Kier alpha value is -3.80. The Morgan fingerprint density at radius 1 is 0.929 bits per heavy atom. The predicted molar refractivity (Wildman–Crippen MR) is 103 cm³/mol. The molecule has 3 aromatic rings. The van der Waals surface area contributed by atoms with E-state index in [-0.39, 0.29) is 17.9 Å². The number of rotatable bonds is 4. The number of carbonyl (C=O) groups is 2. The molecular formula is C22H17N3O3. The Morgan fingerprint density at radius 2 is 1.68 bits per heavy atom. The monoisotopic (exact) mass is 371 g/mol. The summed E-state index contributed by atoms with van der Waals surface area (Å²) in [5.41, 5.74) is 2.04. The minimum absolute atomic E-state index is 0.0557. The molecule has 1 N–H and O–H groups in total. The molecule has 0 spiro atoms. The molecule has 0 radical (unpaired) electrons. The van der Waals surface area contributed by atoms with Gasteiger partial charge in [-0.15, -0.1) is 0 Å². The van der Waals surface area contributed by atoms with Crippen LogP contribution in [0.25, 0.3) is 5.76 Å². The predicted octanol–water partition coefficient (Wildman–Crippen LogP) is 3.10. The van der Waals surface area contributed by atoms with Gasteiger partial charge in [-0.3, -0.25) is 19.6 Å². The lowest BCUT2D eigenvalue weighted by Gasteiger charge is -2.25. The molecule has 6 nitrogen and oxygen atoms in total. The molecule has 1 aromatic carbocycles. The third-order valence-corrected chi connectivity index (χ3v) is 4.69. The van der Waals surface area contributed by atoms with E-state index in [9.17, 15) is 14.7 Å². The Balaban J connectivity index is 1.85. The van der Waals surface area contributed by atoms with Crippen LogP contribution < -0.4 is 0 Å². The zero-order valence-corrected chi connectivity index (χ0v) is 14.9. The molecule has 138 valence electrons. The zero-order chi connectivity index (χ0) is 19.5. The van der Waals surface area contributed by atoms with Crippen LogP contribution in [0.1, 0.15) is 22.7 Å². The fourth-order valence-corrected chi connectivity index (χ4v) is 3.37. The number of likely N-dealkylation sites (tertiary alicyclic amines) is 1. The molecule has 1 unspecified atom stereocenters. The summed E-state index contributed by atoms with van der Waals surface area (Å²) < 4.78 is 0. The number of nitrogens with zero attached hydrogens (tertiary/aromatic N) is 3. The molecule has 1 atom stereocenters. The quantitative estimate of drug-likeness (QED) is 0.433. The van der Waals surface area contributed by atoms with Crippen LogP contribution in [-0.2, 0) is 16.1 Å². The van der Waals surface area contributed by atoms with E-state index in [0.717, 1.165) is 5.56 Å². The van der Waals surface area contributed by atoms with Crippen LogP contribution in [0.3, 0.4) is 0 Å². The molecule has 6 heteroatoms. The lowest BCUT2D eigenvalue weighted by Crippen LogP contribution is -2.29. The number of aliphatic hydroxyl groups is 1. The van der Waals surface area contributed by atoms with Gasteiger partial charge >= 0.3 is 0 Å². The molecule has 4 rings (SSSR count). The van der Waals surface area contributed by atoms with Gasteiger partial charge < -0.3 is 10.0 Å². The van der Waals surface area contributed by atoms with Crippen molar-refractivity contribution in [1.29, 1.82) is 0 Å². The van der Waals surface area contributed by atoms with E-state index in [1.54, 1.807) is 36.7 Å². The fourth-order valence-electron chi connectivity index (χ4n) is 3.37. The smallest absolute Gasteiger partial charge is 0.295 e. The highest BCUT2D eigenvalue weighted by Crippen LogP contribution is 2.39. The summed E-state index contributed by atoms with van der Waals surface area (Å²) in [5.74, 6) is -1.57. The summed E-state index contributed by atoms with van der Waals surface area (Å²) in [7, 11) is 0. The number of aliphatic hydroxyl groups excluding tert-OH is 1. The van der Waals surface area contributed by atoms with Crippen molar-refractivity contribution in [2.24, 2.45) is 0 Å². The van der Waals surface area contributed by atoms with Crippen LogP contribution in [0.4, 0.5) is 0 Å². The van der Waals surface area contributed by atoms with Gasteiger partial charge in [-0.1, -0.05) is 36.4 Å². The van der Waals surface area contributed by atoms with Gasteiger partial charge in [0, 0.05) is 36.9 Å². The van der Waals surface area contributed by atoms with Crippen molar-refractivity contribution < 1.29 is 14.7 Å². The number of aromatic nitrogens is 2. The average molecular weight is 371 g/mol. The summed E-state index contributed by atoms with van der Waals surface area (Å²) >= 11 is 0. The van der Waals surface area contributed by atoms with Crippen molar-refractivity contribution in [3.05, 3.63) is 102 Å². The molecule has 1 fully saturated rings. The van der Waals surface area contributed by atoms with E-state index in [1.165, 1.54) is 17.3 Å². The van der Waals surface area contributed by atoms with Crippen molar-refractivity contribution in [3.63, 3.8) is 0 Å². The molecular weight excluding hydrogens is 354 g/mol. The molecule has 0 saturated carbocycles. The first kappa shape index (κ1) is 17.6. The standard InChI is InChI=1S/C22H17N3O3/c26-20(16-8-11-23-12-9-16)18-19(17-7-4-10-24-13-17)25(22(28)21(18)27)14-15-5-2-1-3-6-15/h1-13,19,26H,14H2/b20-18+. The number of hydrogen-bond acceptors (Lipinski definition) is 5. The van der Waals surface area contributed by atoms with E-state index in [0.29, 0.717) is 11.1 Å². The minimum Gasteiger partial charge on any atom is -0.507 e. The third kappa shape index (κ3) is 3.16. The number of hydrogen-bond donors (Lipinski definition) is 1. The summed E-state index contributed by atoms with van der Waals surface area (Å²) in [4.78, 5) is 35.2. The van der Waals surface area contributed by atoms with Gasteiger partial charge in [0.2, 0.25) is 0 Å². The van der Waals surface area contributed by atoms with Gasteiger partial charge in [0.1, 0.15) is 5.76 Å². The van der Waals surface area contributed by atoms with E-state index in [4.69, 9.17) is 0 Å². The topological polar surface area (TPSA) is 83.4 Å². The van der Waals surface area contributed by atoms with Crippen LogP contribution in [-0.4, -0.2) is 31.7 Å². The second kappa shape index (κ2) is 7.44. The number of benzene rings is 1. The summed E-state index contributed by atoms with van der Waals surface area (Å²) in [6.07, 6.45) is 6.27. The summed E-state index contributed by atoms with van der Waals surface area (Å²) in [6.45, 7) is 0.248. The largest absolute Gasteiger partial charge is 0.507 e. The van der Waals surface area contributed by atoms with Gasteiger partial charge in [0.05, 0.1) is 11.6 Å². The van der Waals surface area contributed by atoms with Crippen LogP contribution in [0.15, 0.2) is 85.0 Å². The molecule has 28 heavy (non-hydrogen) atoms. The molecule has 0 bridgehead atoms. The highest BCUT2D eigenvalue weighted by Gasteiger charge is 2.46. The number of pyridine rings is 2. The van der Waals surface area contributed by atoms with Crippen LogP contribution in [0.2, 0.25) is 0 Å². The third-order valence-electron chi connectivity index (χ3n) is 4.69. The van der Waals surface area contributed by atoms with Crippen molar-refractivity contribution >= 4 is 17.4 Å². The van der Waals surface area contributed by atoms with Gasteiger partial charge in [-0.05, 0) is 29.3 Å². The average Bonchev–Trinajstić information content (AvgIpc) is 3.00. The second-order valence-corrected chi connectivity index (χ2v) is 6.43. The molecule has 1 aliphatic heterocycles. The molecule has 2 aromatic heterocycles. The van der Waals surface area contributed by atoms with Gasteiger partial charge in [0.15, 0.2) is 0 Å². The lowest BCUT2D eigenvalue weighted by molar-refractivity contribution is -0.140. The van der Waals surface area contributed by atoms with E-state index in [2.05, 4.69) is 9.97 Å². The van der Waals surface area contributed by atoms with Gasteiger partial charge in [-0.2, -0.15) is 0 Å². The molecule has 1 amide bonds. The van der Waals surface area contributed by atoms with Crippen molar-refractivity contribution in [1.82, 2.24) is 14.9 Å². The number of ketones is 1. The summed E-state index contributed by atoms with van der Waals surface area (Å²) in [5, 5.41) is 10.9. The number of amides is 1. The van der Waals surface area contributed by atoms with Crippen LogP contribution in [0.5, 0.6) is 0 Å². The normalized spacial score (nSPS) is 18.4. The van der Waals surface area contributed by atoms with E-state index in [1.807, 2.05) is 30.3 Å². The maximum Gasteiger partial charge on any atom is 0.295 e. The highest BCUT2D eigenvalue weighted by atomic mass is 16.3.